The monoisotopic (exact) mass is 484 g/mol. The van der Waals surface area contributed by atoms with Gasteiger partial charge in [0.05, 0.1) is 20.6 Å². The molecule has 0 aliphatic heterocycles. The van der Waals surface area contributed by atoms with Gasteiger partial charge in [-0.05, 0) is 48.2 Å². The molecule has 8 heteroatoms. The Hall–Kier alpha value is -3.62. The second-order valence-electron chi connectivity index (χ2n) is 7.54. The van der Waals surface area contributed by atoms with Crippen LogP contribution in [0.3, 0.4) is 0 Å². The molecule has 0 saturated heterocycles. The number of ether oxygens (including phenoxy) is 2. The van der Waals surface area contributed by atoms with Crippen molar-refractivity contribution >= 4 is 11.6 Å². The third kappa shape index (κ3) is 9.64. The van der Waals surface area contributed by atoms with Gasteiger partial charge in [-0.2, -0.15) is 9.78 Å². The molecule has 0 spiro atoms. The number of carbonyl (C=O) groups excluding carboxylic acids is 2. The Labute approximate surface area is 205 Å². The summed E-state index contributed by atoms with van der Waals surface area (Å²) in [5.41, 5.74) is 1.79. The van der Waals surface area contributed by atoms with Crippen molar-refractivity contribution in [2.24, 2.45) is 0 Å². The van der Waals surface area contributed by atoms with Crippen LogP contribution >= 0.6 is 0 Å². The summed E-state index contributed by atoms with van der Waals surface area (Å²) in [7, 11) is 3.05. The number of hydrogen-bond acceptors (Lipinski definition) is 8. The first-order valence-electron chi connectivity index (χ1n) is 11.2. The maximum atomic E-state index is 12.3. The average Bonchev–Trinajstić information content (AvgIpc) is 2.87. The molecule has 0 aromatic heterocycles. The zero-order valence-electron chi connectivity index (χ0n) is 20.2. The third-order valence-electron chi connectivity index (χ3n) is 4.90. The van der Waals surface area contributed by atoms with Gasteiger partial charge in [-0.3, -0.25) is 9.59 Å². The molecule has 0 aliphatic carbocycles. The van der Waals surface area contributed by atoms with E-state index in [1.54, 1.807) is 36.4 Å². The molecule has 0 saturated carbocycles. The number of hydrogen-bond donors (Lipinski definition) is 0. The smallest absolute Gasteiger partial charge is 0.207 e. The fraction of sp³-hybridized carbons (Fsp3) is 0.333. The minimum Gasteiger partial charge on any atom is -0.493 e. The van der Waals surface area contributed by atoms with E-state index in [4.69, 9.17) is 29.0 Å². The number of ketones is 2. The number of carbonyl (C=O) groups is 2. The van der Waals surface area contributed by atoms with Crippen LogP contribution in [0.2, 0.25) is 0 Å². The standard InChI is InChI=1S/C27H32O8/c1-5-15-32-34-24-13-9-20(17-26(24)30-3)7-11-22(28)19-23(29)12-8-21-10-14-25(27(18-21)31-4)35-33-16-6-2/h5-6,9-10,13-14,17-18H,1-2,7-8,11-12,15-16,19H2,3-4H3. The lowest BCUT2D eigenvalue weighted by molar-refractivity contribution is -0.196. The zero-order chi connectivity index (χ0) is 25.5. The maximum Gasteiger partial charge on any atom is 0.207 e. The summed E-state index contributed by atoms with van der Waals surface area (Å²) in [5, 5.41) is 0. The molecule has 0 radical (unpaired) electrons. The first-order chi connectivity index (χ1) is 17.0. The first kappa shape index (κ1) is 27.6. The highest BCUT2D eigenvalue weighted by Gasteiger charge is 2.13. The molecule has 35 heavy (non-hydrogen) atoms. The van der Waals surface area contributed by atoms with Crippen molar-refractivity contribution in [1.29, 1.82) is 0 Å². The number of Topliss-reactive ketones (excluding diaryl/α,β-unsaturated/α-hetero) is 2. The van der Waals surface area contributed by atoms with Crippen molar-refractivity contribution in [3.63, 3.8) is 0 Å². The summed E-state index contributed by atoms with van der Waals surface area (Å²) in [4.78, 5) is 45.0. The van der Waals surface area contributed by atoms with Crippen LogP contribution in [0.4, 0.5) is 0 Å². The summed E-state index contributed by atoms with van der Waals surface area (Å²) >= 11 is 0. The van der Waals surface area contributed by atoms with Gasteiger partial charge >= 0.3 is 0 Å². The summed E-state index contributed by atoms with van der Waals surface area (Å²) in [6, 6.07) is 10.6. The van der Waals surface area contributed by atoms with Gasteiger partial charge in [-0.1, -0.05) is 24.3 Å². The van der Waals surface area contributed by atoms with Crippen LogP contribution in [0.5, 0.6) is 23.0 Å². The topological polar surface area (TPSA) is 89.5 Å². The molecule has 0 N–H and O–H groups in total. The van der Waals surface area contributed by atoms with Crippen molar-refractivity contribution < 1.29 is 38.6 Å². The summed E-state index contributed by atoms with van der Waals surface area (Å²) in [5.74, 6) is 1.64. The molecule has 0 heterocycles. The van der Waals surface area contributed by atoms with Gasteiger partial charge in [0.1, 0.15) is 24.8 Å². The molecular weight excluding hydrogens is 452 g/mol. The van der Waals surface area contributed by atoms with E-state index in [-0.39, 0.29) is 44.0 Å². The van der Waals surface area contributed by atoms with E-state index < -0.39 is 0 Å². The van der Waals surface area contributed by atoms with Crippen LogP contribution in [-0.2, 0) is 32.2 Å². The SMILES string of the molecule is C=CCOOc1ccc(CCC(=O)CC(=O)CCc2ccc(OOCC=C)c(OC)c2)cc1OC. The van der Waals surface area contributed by atoms with Gasteiger partial charge in [0.25, 0.3) is 0 Å². The molecule has 0 bridgehead atoms. The quantitative estimate of drug-likeness (QED) is 0.0981. The average molecular weight is 485 g/mol. The van der Waals surface area contributed by atoms with E-state index in [1.165, 1.54) is 14.2 Å². The van der Waals surface area contributed by atoms with Gasteiger partial charge in [0, 0.05) is 12.8 Å². The molecule has 0 atom stereocenters. The molecule has 188 valence electrons. The van der Waals surface area contributed by atoms with Gasteiger partial charge in [-0.25, -0.2) is 0 Å². The highest BCUT2D eigenvalue weighted by atomic mass is 17.2. The normalized spacial score (nSPS) is 10.3. The molecular formula is C27H32O8. The predicted molar refractivity (Wildman–Crippen MR) is 131 cm³/mol. The number of methoxy groups -OCH3 is 2. The van der Waals surface area contributed by atoms with Crippen molar-refractivity contribution in [1.82, 2.24) is 0 Å². The number of benzene rings is 2. The van der Waals surface area contributed by atoms with E-state index in [9.17, 15) is 9.59 Å². The second kappa shape index (κ2) is 15.3. The van der Waals surface area contributed by atoms with E-state index in [1.807, 2.05) is 12.1 Å². The fourth-order valence-electron chi connectivity index (χ4n) is 3.13. The Morgan fingerprint density at radius 2 is 1.14 bits per heavy atom. The number of aryl methyl sites for hydroxylation is 2. The highest BCUT2D eigenvalue weighted by Crippen LogP contribution is 2.30. The first-order valence-corrected chi connectivity index (χ1v) is 11.2. The second-order valence-corrected chi connectivity index (χ2v) is 7.54. The van der Waals surface area contributed by atoms with Crippen LogP contribution in [0.1, 0.15) is 30.4 Å². The Morgan fingerprint density at radius 1 is 0.714 bits per heavy atom. The van der Waals surface area contributed by atoms with Gasteiger partial charge in [0.2, 0.25) is 11.5 Å². The molecule has 0 amide bonds. The van der Waals surface area contributed by atoms with E-state index >= 15 is 0 Å². The minimum absolute atomic E-state index is 0.0958. The lowest BCUT2D eigenvalue weighted by Crippen LogP contribution is -2.10. The molecule has 2 aromatic carbocycles. The maximum absolute atomic E-state index is 12.3. The van der Waals surface area contributed by atoms with Crippen LogP contribution < -0.4 is 19.2 Å². The summed E-state index contributed by atoms with van der Waals surface area (Å²) in [6.07, 6.45) is 4.53. The molecule has 0 unspecified atom stereocenters. The summed E-state index contributed by atoms with van der Waals surface area (Å²) in [6.45, 7) is 7.58. The van der Waals surface area contributed by atoms with Crippen LogP contribution in [0.25, 0.3) is 0 Å². The van der Waals surface area contributed by atoms with Crippen LogP contribution in [-0.4, -0.2) is 39.0 Å². The lowest BCUT2D eigenvalue weighted by Gasteiger charge is -2.10. The van der Waals surface area contributed by atoms with Gasteiger partial charge < -0.3 is 19.2 Å². The van der Waals surface area contributed by atoms with E-state index in [0.29, 0.717) is 35.8 Å². The van der Waals surface area contributed by atoms with Crippen molar-refractivity contribution in [2.45, 2.75) is 32.1 Å². The third-order valence-corrected chi connectivity index (χ3v) is 4.90. The van der Waals surface area contributed by atoms with Gasteiger partial charge in [-0.15, -0.1) is 13.2 Å². The fourth-order valence-corrected chi connectivity index (χ4v) is 3.13. The minimum atomic E-state index is -0.107. The lowest BCUT2D eigenvalue weighted by atomic mass is 10.0. The highest BCUT2D eigenvalue weighted by molar-refractivity contribution is 5.99. The Kier molecular flexibility index (Phi) is 12.1. The largest absolute Gasteiger partial charge is 0.493 e. The summed E-state index contributed by atoms with van der Waals surface area (Å²) < 4.78 is 10.6. The van der Waals surface area contributed by atoms with E-state index in [2.05, 4.69) is 13.2 Å². The molecule has 8 nitrogen and oxygen atoms in total. The molecule has 0 aliphatic rings. The molecule has 2 rings (SSSR count). The van der Waals surface area contributed by atoms with Crippen LogP contribution in [0, 0.1) is 0 Å². The Morgan fingerprint density at radius 3 is 1.51 bits per heavy atom. The van der Waals surface area contributed by atoms with Gasteiger partial charge in [0.15, 0.2) is 11.5 Å². The predicted octanol–water partition coefficient (Wildman–Crippen LogP) is 4.79. The zero-order valence-corrected chi connectivity index (χ0v) is 20.2. The van der Waals surface area contributed by atoms with Crippen molar-refractivity contribution in [2.75, 3.05) is 27.4 Å². The molecule has 2 aromatic rings. The van der Waals surface area contributed by atoms with Crippen molar-refractivity contribution in [3.8, 4) is 23.0 Å². The Balaban J connectivity index is 1.80. The van der Waals surface area contributed by atoms with E-state index in [0.717, 1.165) is 11.1 Å². The molecule has 0 fully saturated rings. The van der Waals surface area contributed by atoms with Crippen LogP contribution in [0.15, 0.2) is 61.7 Å². The Bertz CT molecular complexity index is 919. The van der Waals surface area contributed by atoms with Crippen molar-refractivity contribution in [3.05, 3.63) is 72.8 Å². The number of rotatable bonds is 18.